The number of nitrogens with zero attached hydrogens (tertiary/aromatic N) is 2. The summed E-state index contributed by atoms with van der Waals surface area (Å²) in [6, 6.07) is 0.659. The van der Waals surface area contributed by atoms with E-state index in [1.54, 1.807) is 0 Å². The molecule has 3 nitrogen and oxygen atoms in total. The summed E-state index contributed by atoms with van der Waals surface area (Å²) in [6.45, 7) is 12.7. The molecule has 1 atom stereocenters. The van der Waals surface area contributed by atoms with E-state index in [1.807, 2.05) is 0 Å². The first-order valence-corrected chi connectivity index (χ1v) is 6.04. The number of likely N-dealkylation sites (N-methyl/N-ethyl adjacent to an activating group) is 2. The molecule has 1 aliphatic heterocycles. The van der Waals surface area contributed by atoms with Gasteiger partial charge in [-0.2, -0.15) is 0 Å². The first-order valence-electron chi connectivity index (χ1n) is 6.04. The van der Waals surface area contributed by atoms with E-state index >= 15 is 0 Å². The first-order chi connectivity index (χ1) is 6.94. The molecule has 1 heterocycles. The molecule has 0 aromatic rings. The maximum Gasteiger partial charge on any atom is 0.0347 e. The topological polar surface area (TPSA) is 18.5 Å². The summed E-state index contributed by atoms with van der Waals surface area (Å²) in [5, 5.41) is 3.59. The summed E-state index contributed by atoms with van der Waals surface area (Å²) in [5.74, 6) is 0. The van der Waals surface area contributed by atoms with Gasteiger partial charge in [0.15, 0.2) is 0 Å². The van der Waals surface area contributed by atoms with Crippen LogP contribution in [0.5, 0.6) is 0 Å². The Morgan fingerprint density at radius 2 is 2.07 bits per heavy atom. The zero-order valence-corrected chi connectivity index (χ0v) is 11.0. The lowest BCUT2D eigenvalue weighted by molar-refractivity contribution is 0.142. The van der Waals surface area contributed by atoms with E-state index in [9.17, 15) is 0 Å². The average Bonchev–Trinajstić information content (AvgIpc) is 2.24. The van der Waals surface area contributed by atoms with Crippen molar-refractivity contribution in [2.75, 3.05) is 46.8 Å². The normalized spacial score (nSPS) is 28.0. The fourth-order valence-electron chi connectivity index (χ4n) is 2.41. The third-order valence-corrected chi connectivity index (χ3v) is 3.11. The van der Waals surface area contributed by atoms with E-state index in [2.05, 4.69) is 50.0 Å². The molecular formula is C12H27N3. The third kappa shape index (κ3) is 4.09. The molecule has 1 rings (SSSR count). The van der Waals surface area contributed by atoms with Crippen LogP contribution in [-0.2, 0) is 0 Å². The van der Waals surface area contributed by atoms with Gasteiger partial charge in [0.25, 0.3) is 0 Å². The molecule has 1 aliphatic rings. The molecular weight excluding hydrogens is 186 g/mol. The van der Waals surface area contributed by atoms with Crippen LogP contribution in [0.15, 0.2) is 0 Å². The summed E-state index contributed by atoms with van der Waals surface area (Å²) < 4.78 is 0. The average molecular weight is 213 g/mol. The first kappa shape index (κ1) is 12.9. The van der Waals surface area contributed by atoms with Gasteiger partial charge in [0.2, 0.25) is 0 Å². The van der Waals surface area contributed by atoms with E-state index < -0.39 is 0 Å². The van der Waals surface area contributed by atoms with Gasteiger partial charge in [-0.3, -0.25) is 4.90 Å². The van der Waals surface area contributed by atoms with Crippen molar-refractivity contribution in [3.63, 3.8) is 0 Å². The highest BCUT2D eigenvalue weighted by atomic mass is 15.2. The highest BCUT2D eigenvalue weighted by molar-refractivity contribution is 4.86. The lowest BCUT2D eigenvalue weighted by atomic mass is 9.93. The van der Waals surface area contributed by atoms with Gasteiger partial charge in [-0.25, -0.2) is 0 Å². The molecule has 15 heavy (non-hydrogen) atoms. The summed E-state index contributed by atoms with van der Waals surface area (Å²) in [7, 11) is 4.31. The number of rotatable bonds is 3. The predicted molar refractivity (Wildman–Crippen MR) is 66.2 cm³/mol. The molecule has 90 valence electrons. The van der Waals surface area contributed by atoms with Crippen LogP contribution in [0, 0.1) is 5.41 Å². The molecule has 0 radical (unpaired) electrons. The summed E-state index contributed by atoms with van der Waals surface area (Å²) in [4.78, 5) is 4.90. The standard InChI is InChI=1S/C12H27N3/c1-6-15-10-12(2,3)9-13-7-11(15)8-14(4)5/h11,13H,6-10H2,1-5H3. The predicted octanol–water partition coefficient (Wildman–Crippen LogP) is 0.868. The summed E-state index contributed by atoms with van der Waals surface area (Å²) in [6.07, 6.45) is 0. The maximum absolute atomic E-state index is 3.59. The molecule has 0 aromatic heterocycles. The van der Waals surface area contributed by atoms with Crippen LogP contribution in [0.3, 0.4) is 0 Å². The van der Waals surface area contributed by atoms with Crippen molar-refractivity contribution >= 4 is 0 Å². The van der Waals surface area contributed by atoms with E-state index in [0.29, 0.717) is 11.5 Å². The van der Waals surface area contributed by atoms with Gasteiger partial charge in [0, 0.05) is 32.2 Å². The van der Waals surface area contributed by atoms with Crippen molar-refractivity contribution in [2.45, 2.75) is 26.8 Å². The number of hydrogen-bond acceptors (Lipinski definition) is 3. The quantitative estimate of drug-likeness (QED) is 0.750. The van der Waals surface area contributed by atoms with Gasteiger partial charge in [-0.1, -0.05) is 20.8 Å². The van der Waals surface area contributed by atoms with Gasteiger partial charge in [-0.15, -0.1) is 0 Å². The lowest BCUT2D eigenvalue weighted by Gasteiger charge is -2.34. The highest BCUT2D eigenvalue weighted by Gasteiger charge is 2.29. The zero-order chi connectivity index (χ0) is 11.5. The summed E-state index contributed by atoms with van der Waals surface area (Å²) in [5.41, 5.74) is 0.400. The number of nitrogens with one attached hydrogen (secondary N) is 1. The van der Waals surface area contributed by atoms with E-state index in [4.69, 9.17) is 0 Å². The van der Waals surface area contributed by atoms with Crippen molar-refractivity contribution in [1.29, 1.82) is 0 Å². The largest absolute Gasteiger partial charge is 0.315 e. The molecule has 3 heteroatoms. The Morgan fingerprint density at radius 3 is 2.60 bits per heavy atom. The lowest BCUT2D eigenvalue weighted by Crippen LogP contribution is -2.46. The molecule has 1 saturated heterocycles. The molecule has 0 aliphatic carbocycles. The van der Waals surface area contributed by atoms with E-state index in [0.717, 1.165) is 26.2 Å². The Kier molecular flexibility index (Phi) is 4.56. The van der Waals surface area contributed by atoms with Crippen LogP contribution in [0.2, 0.25) is 0 Å². The van der Waals surface area contributed by atoms with Gasteiger partial charge < -0.3 is 10.2 Å². The summed E-state index contributed by atoms with van der Waals surface area (Å²) >= 11 is 0. The smallest absolute Gasteiger partial charge is 0.0347 e. The van der Waals surface area contributed by atoms with Crippen LogP contribution >= 0.6 is 0 Å². The van der Waals surface area contributed by atoms with Crippen LogP contribution in [0.4, 0.5) is 0 Å². The van der Waals surface area contributed by atoms with Crippen LogP contribution < -0.4 is 5.32 Å². The van der Waals surface area contributed by atoms with Crippen molar-refractivity contribution in [3.8, 4) is 0 Å². The molecule has 0 aromatic carbocycles. The Balaban J connectivity index is 2.62. The maximum atomic E-state index is 3.59. The highest BCUT2D eigenvalue weighted by Crippen LogP contribution is 2.20. The van der Waals surface area contributed by atoms with Crippen molar-refractivity contribution < 1.29 is 0 Å². The minimum absolute atomic E-state index is 0.400. The second kappa shape index (κ2) is 5.28. The van der Waals surface area contributed by atoms with Crippen LogP contribution in [-0.4, -0.2) is 62.7 Å². The van der Waals surface area contributed by atoms with E-state index in [-0.39, 0.29) is 0 Å². The fourth-order valence-corrected chi connectivity index (χ4v) is 2.41. The molecule has 1 N–H and O–H groups in total. The Hall–Kier alpha value is -0.120. The zero-order valence-electron chi connectivity index (χ0n) is 11.0. The SMILES string of the molecule is CCN1CC(C)(C)CNCC1CN(C)C. The van der Waals surface area contributed by atoms with Gasteiger partial charge in [-0.05, 0) is 26.1 Å². The van der Waals surface area contributed by atoms with Crippen molar-refractivity contribution in [2.24, 2.45) is 5.41 Å². The second-order valence-electron chi connectivity index (χ2n) is 5.77. The Bertz CT molecular complexity index is 189. The Morgan fingerprint density at radius 1 is 1.40 bits per heavy atom. The molecule has 0 saturated carbocycles. The third-order valence-electron chi connectivity index (χ3n) is 3.11. The van der Waals surface area contributed by atoms with Crippen molar-refractivity contribution in [3.05, 3.63) is 0 Å². The minimum atomic E-state index is 0.400. The van der Waals surface area contributed by atoms with Crippen LogP contribution in [0.1, 0.15) is 20.8 Å². The van der Waals surface area contributed by atoms with Gasteiger partial charge in [0.05, 0.1) is 0 Å². The monoisotopic (exact) mass is 213 g/mol. The molecule has 0 bridgehead atoms. The molecule has 1 unspecified atom stereocenters. The fraction of sp³-hybridized carbons (Fsp3) is 1.00. The van der Waals surface area contributed by atoms with Gasteiger partial charge >= 0.3 is 0 Å². The Labute approximate surface area is 94.8 Å². The van der Waals surface area contributed by atoms with Crippen molar-refractivity contribution in [1.82, 2.24) is 15.1 Å². The molecule has 1 fully saturated rings. The van der Waals surface area contributed by atoms with Crippen LogP contribution in [0.25, 0.3) is 0 Å². The molecule has 0 amide bonds. The van der Waals surface area contributed by atoms with E-state index in [1.165, 1.54) is 6.54 Å². The molecule has 0 spiro atoms. The second-order valence-corrected chi connectivity index (χ2v) is 5.77. The minimum Gasteiger partial charge on any atom is -0.315 e. The van der Waals surface area contributed by atoms with Gasteiger partial charge in [0.1, 0.15) is 0 Å². The number of hydrogen-bond donors (Lipinski definition) is 1.